The zero-order valence-corrected chi connectivity index (χ0v) is 20.3. The van der Waals surface area contributed by atoms with Crippen molar-refractivity contribution in [2.45, 2.75) is 25.7 Å². The largest absolute Gasteiger partial charge is 0.497 e. The van der Waals surface area contributed by atoms with Crippen LogP contribution >= 0.6 is 39.9 Å². The molecule has 2 amide bonds. The first-order chi connectivity index (χ1) is 15.0. The number of rotatable bonds is 9. The van der Waals surface area contributed by atoms with Crippen LogP contribution < -0.4 is 10.1 Å². The van der Waals surface area contributed by atoms with Gasteiger partial charge >= 0.3 is 0 Å². The van der Waals surface area contributed by atoms with Crippen LogP contribution in [-0.4, -0.2) is 34.7 Å². The lowest BCUT2D eigenvalue weighted by molar-refractivity contribution is -0.122. The highest BCUT2D eigenvalue weighted by Crippen LogP contribution is 2.33. The zero-order chi connectivity index (χ0) is 22.2. The standard InChI is InChI=1S/C23H23BrN2O3S2/c1-29-19-11-9-16(10-12-19)14-20-22(28)26(23(30)31-20)13-4-2-3-8-21(27)25-18-7-5-6-17(24)15-18/h5-7,9-12,14-15H,2-4,8,13H2,1H3,(H,25,27). The first-order valence-corrected chi connectivity index (χ1v) is 11.9. The first kappa shape index (κ1) is 23.5. The molecule has 1 aliphatic rings. The van der Waals surface area contributed by atoms with E-state index in [4.69, 9.17) is 17.0 Å². The average Bonchev–Trinajstić information content (AvgIpc) is 3.01. The van der Waals surface area contributed by atoms with E-state index >= 15 is 0 Å². The molecule has 1 aliphatic heterocycles. The Hall–Kier alpha value is -2.16. The van der Waals surface area contributed by atoms with Gasteiger partial charge in [0.2, 0.25) is 5.91 Å². The quantitative estimate of drug-likeness (QED) is 0.256. The molecule has 3 rings (SSSR count). The molecular formula is C23H23BrN2O3S2. The van der Waals surface area contributed by atoms with Crippen molar-refractivity contribution >= 4 is 67.8 Å². The molecule has 8 heteroatoms. The molecule has 1 heterocycles. The summed E-state index contributed by atoms with van der Waals surface area (Å²) in [6.07, 6.45) is 4.70. The van der Waals surface area contributed by atoms with E-state index < -0.39 is 0 Å². The van der Waals surface area contributed by atoms with Crippen LogP contribution in [0.2, 0.25) is 0 Å². The summed E-state index contributed by atoms with van der Waals surface area (Å²) in [4.78, 5) is 27.1. The van der Waals surface area contributed by atoms with Crippen LogP contribution in [0.5, 0.6) is 5.75 Å². The molecule has 31 heavy (non-hydrogen) atoms. The van der Waals surface area contributed by atoms with Crippen molar-refractivity contribution in [3.05, 3.63) is 63.5 Å². The van der Waals surface area contributed by atoms with Crippen LogP contribution in [0.1, 0.15) is 31.2 Å². The number of unbranched alkanes of at least 4 members (excludes halogenated alkanes) is 2. The van der Waals surface area contributed by atoms with E-state index in [1.54, 1.807) is 12.0 Å². The van der Waals surface area contributed by atoms with Crippen LogP contribution in [0.15, 0.2) is 57.9 Å². The van der Waals surface area contributed by atoms with Gasteiger partial charge in [0, 0.05) is 23.1 Å². The summed E-state index contributed by atoms with van der Waals surface area (Å²) in [5.41, 5.74) is 1.71. The van der Waals surface area contributed by atoms with Gasteiger partial charge in [-0.2, -0.15) is 0 Å². The fourth-order valence-corrected chi connectivity index (χ4v) is 4.77. The second-order valence-corrected chi connectivity index (χ2v) is 9.57. The lowest BCUT2D eigenvalue weighted by Crippen LogP contribution is -2.29. The molecule has 2 aromatic carbocycles. The van der Waals surface area contributed by atoms with Crippen molar-refractivity contribution in [2.75, 3.05) is 19.0 Å². The minimum absolute atomic E-state index is 0.00821. The van der Waals surface area contributed by atoms with Crippen LogP contribution in [0.25, 0.3) is 6.08 Å². The topological polar surface area (TPSA) is 58.6 Å². The van der Waals surface area contributed by atoms with Crippen LogP contribution in [0.4, 0.5) is 5.69 Å². The molecule has 0 bridgehead atoms. The third kappa shape index (κ3) is 6.92. The predicted octanol–water partition coefficient (Wildman–Crippen LogP) is 5.86. The Morgan fingerprint density at radius 1 is 1.19 bits per heavy atom. The molecule has 1 fully saturated rings. The van der Waals surface area contributed by atoms with Crippen LogP contribution in [-0.2, 0) is 9.59 Å². The third-order valence-electron chi connectivity index (χ3n) is 4.68. The SMILES string of the molecule is COc1ccc(C=C2SC(=S)N(CCCCCC(=O)Nc3cccc(Br)c3)C2=O)cc1. The molecule has 0 unspecified atom stereocenters. The van der Waals surface area contributed by atoms with Gasteiger partial charge in [0.15, 0.2) is 0 Å². The third-order valence-corrected chi connectivity index (χ3v) is 6.55. The number of halogens is 1. The molecule has 5 nitrogen and oxygen atoms in total. The second-order valence-electron chi connectivity index (χ2n) is 6.98. The maximum Gasteiger partial charge on any atom is 0.266 e. The molecule has 0 aromatic heterocycles. The maximum atomic E-state index is 12.7. The minimum atomic E-state index is -0.0572. The van der Waals surface area contributed by atoms with E-state index in [0.717, 1.165) is 40.7 Å². The van der Waals surface area contributed by atoms with Crippen LogP contribution in [0, 0.1) is 0 Å². The summed E-state index contributed by atoms with van der Waals surface area (Å²) >= 11 is 10.1. The van der Waals surface area contributed by atoms with Crippen molar-refractivity contribution in [1.82, 2.24) is 4.90 Å². The van der Waals surface area contributed by atoms with E-state index in [9.17, 15) is 9.59 Å². The second kappa shape index (κ2) is 11.5. The lowest BCUT2D eigenvalue weighted by Gasteiger charge is -2.14. The first-order valence-electron chi connectivity index (χ1n) is 9.91. The van der Waals surface area contributed by atoms with Crippen molar-refractivity contribution in [3.8, 4) is 5.75 Å². The molecule has 0 radical (unpaired) electrons. The number of nitrogens with zero attached hydrogens (tertiary/aromatic N) is 1. The Balaban J connectivity index is 1.42. The number of hydrogen-bond acceptors (Lipinski definition) is 5. The van der Waals surface area contributed by atoms with Gasteiger partial charge in [-0.1, -0.05) is 64.5 Å². The number of benzene rings is 2. The van der Waals surface area contributed by atoms with Gasteiger partial charge in [-0.05, 0) is 54.8 Å². The summed E-state index contributed by atoms with van der Waals surface area (Å²) in [6.45, 7) is 0.567. The summed E-state index contributed by atoms with van der Waals surface area (Å²) in [5, 5.41) is 2.89. The highest BCUT2D eigenvalue weighted by atomic mass is 79.9. The normalized spacial score (nSPS) is 14.9. The number of thiocarbonyl (C=S) groups is 1. The molecule has 1 saturated heterocycles. The van der Waals surface area contributed by atoms with Gasteiger partial charge < -0.3 is 10.1 Å². The Morgan fingerprint density at radius 3 is 2.68 bits per heavy atom. The van der Waals surface area contributed by atoms with E-state index in [0.29, 0.717) is 22.2 Å². The number of methoxy groups -OCH3 is 1. The minimum Gasteiger partial charge on any atom is -0.497 e. The van der Waals surface area contributed by atoms with E-state index in [1.807, 2.05) is 54.6 Å². The fourth-order valence-electron chi connectivity index (χ4n) is 3.07. The van der Waals surface area contributed by atoms with Gasteiger partial charge in [0.05, 0.1) is 12.0 Å². The van der Waals surface area contributed by atoms with Crippen LogP contribution in [0.3, 0.4) is 0 Å². The predicted molar refractivity (Wildman–Crippen MR) is 134 cm³/mol. The highest BCUT2D eigenvalue weighted by Gasteiger charge is 2.31. The van der Waals surface area contributed by atoms with E-state index in [2.05, 4.69) is 21.2 Å². The molecule has 0 aliphatic carbocycles. The van der Waals surface area contributed by atoms with Gasteiger partial charge in [0.1, 0.15) is 10.1 Å². The molecule has 0 atom stereocenters. The molecular weight excluding hydrogens is 496 g/mol. The van der Waals surface area contributed by atoms with Gasteiger partial charge in [-0.25, -0.2) is 0 Å². The Kier molecular flexibility index (Phi) is 8.69. The maximum absolute atomic E-state index is 12.7. The van der Waals surface area contributed by atoms with E-state index in [-0.39, 0.29) is 11.8 Å². The van der Waals surface area contributed by atoms with Crippen molar-refractivity contribution in [1.29, 1.82) is 0 Å². The Morgan fingerprint density at radius 2 is 1.97 bits per heavy atom. The summed E-state index contributed by atoms with van der Waals surface area (Å²) in [7, 11) is 1.62. The number of thioether (sulfide) groups is 1. The molecule has 1 N–H and O–H groups in total. The fraction of sp³-hybridized carbons (Fsp3) is 0.261. The number of hydrogen-bond donors (Lipinski definition) is 1. The molecule has 162 valence electrons. The average molecular weight is 519 g/mol. The Labute approximate surface area is 200 Å². The Bertz CT molecular complexity index is 993. The highest BCUT2D eigenvalue weighted by molar-refractivity contribution is 9.10. The lowest BCUT2D eigenvalue weighted by atomic mass is 10.1. The number of anilines is 1. The van der Waals surface area contributed by atoms with Gasteiger partial charge in [-0.3, -0.25) is 14.5 Å². The van der Waals surface area contributed by atoms with Gasteiger partial charge in [-0.15, -0.1) is 0 Å². The number of ether oxygens (including phenoxy) is 1. The number of carbonyl (C=O) groups is 2. The number of amides is 2. The van der Waals surface area contributed by atoms with Crippen molar-refractivity contribution < 1.29 is 14.3 Å². The van der Waals surface area contributed by atoms with Crippen molar-refractivity contribution in [2.24, 2.45) is 0 Å². The van der Waals surface area contributed by atoms with Crippen molar-refractivity contribution in [3.63, 3.8) is 0 Å². The molecule has 0 spiro atoms. The summed E-state index contributed by atoms with van der Waals surface area (Å²) in [6, 6.07) is 15.1. The smallest absolute Gasteiger partial charge is 0.266 e. The van der Waals surface area contributed by atoms with Gasteiger partial charge in [0.25, 0.3) is 5.91 Å². The monoisotopic (exact) mass is 518 g/mol. The summed E-state index contributed by atoms with van der Waals surface area (Å²) < 4.78 is 6.67. The van der Waals surface area contributed by atoms with E-state index in [1.165, 1.54) is 11.8 Å². The number of nitrogens with one attached hydrogen (secondary N) is 1. The zero-order valence-electron chi connectivity index (χ0n) is 17.1. The molecule has 2 aromatic rings. The summed E-state index contributed by atoms with van der Waals surface area (Å²) in [5.74, 6) is 0.708. The number of carbonyl (C=O) groups excluding carboxylic acids is 2. The molecule has 0 saturated carbocycles.